The minimum atomic E-state index is 0.670. The smallest absolute Gasteiger partial charge is 0.0648 e. The van der Waals surface area contributed by atoms with Crippen molar-refractivity contribution >= 4 is 22.5 Å². The second kappa shape index (κ2) is 4.35. The summed E-state index contributed by atoms with van der Waals surface area (Å²) in [6.45, 7) is 4.41. The molecule has 1 aliphatic rings. The molecule has 3 heteroatoms. The maximum absolute atomic E-state index is 6.24. The molecule has 90 valence electrons. The molecule has 0 bridgehead atoms. The van der Waals surface area contributed by atoms with Crippen molar-refractivity contribution in [2.24, 2.45) is 0 Å². The zero-order chi connectivity index (χ0) is 11.8. The van der Waals surface area contributed by atoms with Gasteiger partial charge < -0.3 is 10.3 Å². The molecule has 0 saturated carbocycles. The van der Waals surface area contributed by atoms with E-state index in [1.54, 1.807) is 0 Å². The normalized spacial score (nSPS) is 17.8. The van der Waals surface area contributed by atoms with Gasteiger partial charge in [0.15, 0.2) is 0 Å². The van der Waals surface area contributed by atoms with Gasteiger partial charge in [-0.2, -0.15) is 0 Å². The standard InChI is InChI=1S/C14H17ClN2/c1-9-13(10-5-7-16-8-6-10)11-3-2-4-12(15)14(11)17-9/h2-4,10,16-17H,5-8H2,1H3. The van der Waals surface area contributed by atoms with Gasteiger partial charge in [-0.3, -0.25) is 0 Å². The second-order valence-electron chi connectivity index (χ2n) is 4.85. The van der Waals surface area contributed by atoms with E-state index in [0.717, 1.165) is 23.6 Å². The van der Waals surface area contributed by atoms with Crippen LogP contribution in [0.2, 0.25) is 5.02 Å². The van der Waals surface area contributed by atoms with Crippen LogP contribution in [-0.4, -0.2) is 18.1 Å². The molecule has 1 aromatic heterocycles. The highest BCUT2D eigenvalue weighted by atomic mass is 35.5. The van der Waals surface area contributed by atoms with Crippen LogP contribution in [0.3, 0.4) is 0 Å². The molecule has 17 heavy (non-hydrogen) atoms. The Balaban J connectivity index is 2.14. The monoisotopic (exact) mass is 248 g/mol. The van der Waals surface area contributed by atoms with Crippen molar-refractivity contribution in [1.82, 2.24) is 10.3 Å². The lowest BCUT2D eigenvalue weighted by Gasteiger charge is -2.23. The molecule has 0 radical (unpaired) electrons. The van der Waals surface area contributed by atoms with Crippen molar-refractivity contribution in [2.75, 3.05) is 13.1 Å². The number of piperidine rings is 1. The SMILES string of the molecule is Cc1[nH]c2c(Cl)cccc2c1C1CCNCC1. The highest BCUT2D eigenvalue weighted by Crippen LogP contribution is 2.36. The second-order valence-corrected chi connectivity index (χ2v) is 5.26. The first kappa shape index (κ1) is 11.1. The van der Waals surface area contributed by atoms with Crippen molar-refractivity contribution in [1.29, 1.82) is 0 Å². The summed E-state index contributed by atoms with van der Waals surface area (Å²) >= 11 is 6.24. The van der Waals surface area contributed by atoms with E-state index in [0.29, 0.717) is 5.92 Å². The summed E-state index contributed by atoms with van der Waals surface area (Å²) < 4.78 is 0. The van der Waals surface area contributed by atoms with E-state index in [9.17, 15) is 0 Å². The van der Waals surface area contributed by atoms with Crippen molar-refractivity contribution in [2.45, 2.75) is 25.7 Å². The number of hydrogen-bond donors (Lipinski definition) is 2. The minimum absolute atomic E-state index is 0.670. The molecule has 0 aliphatic carbocycles. The lowest BCUT2D eigenvalue weighted by molar-refractivity contribution is 0.461. The first-order valence-corrected chi connectivity index (χ1v) is 6.62. The number of aromatic amines is 1. The van der Waals surface area contributed by atoms with Crippen LogP contribution in [0.4, 0.5) is 0 Å². The van der Waals surface area contributed by atoms with E-state index in [1.807, 2.05) is 12.1 Å². The van der Waals surface area contributed by atoms with E-state index in [-0.39, 0.29) is 0 Å². The molecule has 1 fully saturated rings. The van der Waals surface area contributed by atoms with Gasteiger partial charge in [0.2, 0.25) is 0 Å². The topological polar surface area (TPSA) is 27.8 Å². The van der Waals surface area contributed by atoms with Crippen LogP contribution in [0.15, 0.2) is 18.2 Å². The number of para-hydroxylation sites is 1. The van der Waals surface area contributed by atoms with E-state index in [2.05, 4.69) is 23.3 Å². The van der Waals surface area contributed by atoms with E-state index in [1.165, 1.54) is 29.5 Å². The number of benzene rings is 1. The molecule has 2 nitrogen and oxygen atoms in total. The van der Waals surface area contributed by atoms with Crippen molar-refractivity contribution in [3.63, 3.8) is 0 Å². The van der Waals surface area contributed by atoms with Gasteiger partial charge in [0.1, 0.15) is 0 Å². The molecular formula is C14H17ClN2. The predicted octanol–water partition coefficient (Wildman–Crippen LogP) is 3.60. The summed E-state index contributed by atoms with van der Waals surface area (Å²) in [5, 5.41) is 5.55. The first-order valence-electron chi connectivity index (χ1n) is 6.25. The van der Waals surface area contributed by atoms with Gasteiger partial charge in [-0.15, -0.1) is 0 Å². The lowest BCUT2D eigenvalue weighted by Crippen LogP contribution is -2.26. The fourth-order valence-corrected chi connectivity index (χ4v) is 3.19. The quantitative estimate of drug-likeness (QED) is 0.793. The number of rotatable bonds is 1. The number of aromatic nitrogens is 1. The molecule has 1 aliphatic heterocycles. The van der Waals surface area contributed by atoms with Crippen LogP contribution in [0.5, 0.6) is 0 Å². The number of hydrogen-bond acceptors (Lipinski definition) is 1. The van der Waals surface area contributed by atoms with Crippen molar-refractivity contribution in [3.05, 3.63) is 34.5 Å². The third kappa shape index (κ3) is 1.85. The molecular weight excluding hydrogens is 232 g/mol. The molecule has 0 atom stereocenters. The van der Waals surface area contributed by atoms with Crippen LogP contribution in [0, 0.1) is 6.92 Å². The zero-order valence-corrected chi connectivity index (χ0v) is 10.8. The Morgan fingerprint density at radius 1 is 1.24 bits per heavy atom. The molecule has 2 heterocycles. The van der Waals surface area contributed by atoms with Gasteiger partial charge in [-0.25, -0.2) is 0 Å². The Morgan fingerprint density at radius 2 is 2.00 bits per heavy atom. The highest BCUT2D eigenvalue weighted by molar-refractivity contribution is 6.35. The third-order valence-electron chi connectivity index (χ3n) is 3.77. The Kier molecular flexibility index (Phi) is 2.85. The number of nitrogens with one attached hydrogen (secondary N) is 2. The number of H-pyrrole nitrogens is 1. The summed E-state index contributed by atoms with van der Waals surface area (Å²) in [6.07, 6.45) is 2.45. The summed E-state index contributed by atoms with van der Waals surface area (Å²) in [5.41, 5.74) is 3.85. The highest BCUT2D eigenvalue weighted by Gasteiger charge is 2.21. The van der Waals surface area contributed by atoms with Crippen LogP contribution in [0.1, 0.15) is 30.0 Å². The molecule has 0 amide bonds. The molecule has 0 spiro atoms. The predicted molar refractivity (Wildman–Crippen MR) is 72.9 cm³/mol. The van der Waals surface area contributed by atoms with Gasteiger partial charge >= 0.3 is 0 Å². The summed E-state index contributed by atoms with van der Waals surface area (Å²) in [5.74, 6) is 0.670. The van der Waals surface area contributed by atoms with Crippen molar-refractivity contribution in [3.8, 4) is 0 Å². The van der Waals surface area contributed by atoms with Crippen LogP contribution >= 0.6 is 11.6 Å². The zero-order valence-electron chi connectivity index (χ0n) is 10.0. The molecule has 1 saturated heterocycles. The van der Waals surface area contributed by atoms with Crippen molar-refractivity contribution < 1.29 is 0 Å². The van der Waals surface area contributed by atoms with Crippen LogP contribution in [0.25, 0.3) is 10.9 Å². The van der Waals surface area contributed by atoms with Gasteiger partial charge in [0.25, 0.3) is 0 Å². The lowest BCUT2D eigenvalue weighted by atomic mass is 9.88. The van der Waals surface area contributed by atoms with E-state index >= 15 is 0 Å². The average Bonchev–Trinajstić information content (AvgIpc) is 2.68. The Morgan fingerprint density at radius 3 is 2.76 bits per heavy atom. The Bertz CT molecular complexity index is 538. The Hall–Kier alpha value is -0.990. The molecule has 3 rings (SSSR count). The number of fused-ring (bicyclic) bond motifs is 1. The summed E-state index contributed by atoms with van der Waals surface area (Å²) in [7, 11) is 0. The van der Waals surface area contributed by atoms with Crippen LogP contribution < -0.4 is 5.32 Å². The summed E-state index contributed by atoms with van der Waals surface area (Å²) in [4.78, 5) is 3.44. The third-order valence-corrected chi connectivity index (χ3v) is 4.08. The Labute approximate surface area is 106 Å². The van der Waals surface area contributed by atoms with Gasteiger partial charge in [-0.1, -0.05) is 23.7 Å². The minimum Gasteiger partial charge on any atom is -0.357 e. The fraction of sp³-hybridized carbons (Fsp3) is 0.429. The number of halogens is 1. The van der Waals surface area contributed by atoms with Gasteiger partial charge in [0, 0.05) is 11.1 Å². The first-order chi connectivity index (χ1) is 8.27. The fourth-order valence-electron chi connectivity index (χ4n) is 2.97. The van der Waals surface area contributed by atoms with Gasteiger partial charge in [-0.05, 0) is 50.4 Å². The van der Waals surface area contributed by atoms with Crippen LogP contribution in [-0.2, 0) is 0 Å². The van der Waals surface area contributed by atoms with E-state index < -0.39 is 0 Å². The number of aryl methyl sites for hydroxylation is 1. The maximum atomic E-state index is 6.24. The summed E-state index contributed by atoms with van der Waals surface area (Å²) in [6, 6.07) is 6.18. The molecule has 0 unspecified atom stereocenters. The van der Waals surface area contributed by atoms with E-state index in [4.69, 9.17) is 11.6 Å². The molecule has 1 aromatic carbocycles. The maximum Gasteiger partial charge on any atom is 0.0648 e. The average molecular weight is 249 g/mol. The molecule has 2 N–H and O–H groups in total. The molecule has 2 aromatic rings. The van der Waals surface area contributed by atoms with Gasteiger partial charge in [0.05, 0.1) is 10.5 Å². The largest absolute Gasteiger partial charge is 0.357 e.